The maximum Gasteiger partial charge on any atom is 0.0721 e. The molecule has 1 aromatic rings. The van der Waals surface area contributed by atoms with Crippen LogP contribution < -0.4 is 5.32 Å². The van der Waals surface area contributed by atoms with E-state index in [2.05, 4.69) is 29.6 Å². The fraction of sp³-hybridized carbons (Fsp3) is 0.600. The number of hydrogen-bond donors (Lipinski definition) is 1. The van der Waals surface area contributed by atoms with Crippen LogP contribution in [-0.2, 0) is 22.6 Å². The minimum Gasteiger partial charge on any atom is -0.379 e. The Labute approximate surface area is 109 Å². The highest BCUT2D eigenvalue weighted by Gasteiger charge is 2.20. The summed E-state index contributed by atoms with van der Waals surface area (Å²) in [5.74, 6) is 0. The average molecular weight is 249 g/mol. The molecule has 1 N–H and O–H groups in total. The second kappa shape index (κ2) is 7.52. The van der Waals surface area contributed by atoms with E-state index in [1.807, 2.05) is 6.92 Å². The lowest BCUT2D eigenvalue weighted by atomic mass is 10.1. The van der Waals surface area contributed by atoms with E-state index in [1.165, 1.54) is 24.0 Å². The summed E-state index contributed by atoms with van der Waals surface area (Å²) < 4.78 is 10.9. The molecule has 0 heterocycles. The minimum atomic E-state index is 0.665. The van der Waals surface area contributed by atoms with Gasteiger partial charge in [0.1, 0.15) is 0 Å². The van der Waals surface area contributed by atoms with Gasteiger partial charge in [-0.3, -0.25) is 0 Å². The van der Waals surface area contributed by atoms with Crippen LogP contribution in [0.1, 0.15) is 30.9 Å². The van der Waals surface area contributed by atoms with Crippen molar-refractivity contribution in [3.8, 4) is 0 Å². The SMILES string of the molecule is CCOCCOCc1ccccc1CNC1CC1. The van der Waals surface area contributed by atoms with Crippen molar-refractivity contribution in [1.29, 1.82) is 0 Å². The van der Waals surface area contributed by atoms with Gasteiger partial charge in [-0.15, -0.1) is 0 Å². The minimum absolute atomic E-state index is 0.665. The lowest BCUT2D eigenvalue weighted by molar-refractivity contribution is 0.0450. The second-order valence-electron chi connectivity index (χ2n) is 4.67. The summed E-state index contributed by atoms with van der Waals surface area (Å²) >= 11 is 0. The van der Waals surface area contributed by atoms with Crippen molar-refractivity contribution in [2.24, 2.45) is 0 Å². The average Bonchev–Trinajstić information content (AvgIpc) is 3.21. The van der Waals surface area contributed by atoms with E-state index < -0.39 is 0 Å². The Hall–Kier alpha value is -0.900. The van der Waals surface area contributed by atoms with Gasteiger partial charge in [-0.2, -0.15) is 0 Å². The summed E-state index contributed by atoms with van der Waals surface area (Å²) in [5, 5.41) is 3.54. The quantitative estimate of drug-likeness (QED) is 0.682. The van der Waals surface area contributed by atoms with Crippen molar-refractivity contribution in [2.75, 3.05) is 19.8 Å². The van der Waals surface area contributed by atoms with Gasteiger partial charge in [0.15, 0.2) is 0 Å². The molecule has 18 heavy (non-hydrogen) atoms. The van der Waals surface area contributed by atoms with Gasteiger partial charge < -0.3 is 14.8 Å². The number of nitrogens with one attached hydrogen (secondary N) is 1. The van der Waals surface area contributed by atoms with Gasteiger partial charge in [-0.1, -0.05) is 24.3 Å². The molecule has 100 valence electrons. The van der Waals surface area contributed by atoms with E-state index in [0.29, 0.717) is 19.8 Å². The molecule has 0 aromatic heterocycles. The first-order valence-electron chi connectivity index (χ1n) is 6.85. The van der Waals surface area contributed by atoms with E-state index >= 15 is 0 Å². The molecular formula is C15H23NO2. The van der Waals surface area contributed by atoms with E-state index in [9.17, 15) is 0 Å². The highest BCUT2D eigenvalue weighted by Crippen LogP contribution is 2.20. The molecule has 3 nitrogen and oxygen atoms in total. The zero-order chi connectivity index (χ0) is 12.6. The second-order valence-corrected chi connectivity index (χ2v) is 4.67. The zero-order valence-corrected chi connectivity index (χ0v) is 11.2. The van der Waals surface area contributed by atoms with Crippen LogP contribution in [0.2, 0.25) is 0 Å². The Morgan fingerprint density at radius 3 is 2.56 bits per heavy atom. The van der Waals surface area contributed by atoms with Crippen molar-refractivity contribution in [3.63, 3.8) is 0 Å². The van der Waals surface area contributed by atoms with Gasteiger partial charge in [0, 0.05) is 19.2 Å². The molecule has 1 saturated carbocycles. The molecule has 0 spiro atoms. The summed E-state index contributed by atoms with van der Waals surface area (Å²) in [5.41, 5.74) is 2.63. The number of rotatable bonds is 9. The summed E-state index contributed by atoms with van der Waals surface area (Å²) in [6.07, 6.45) is 2.65. The van der Waals surface area contributed by atoms with Crippen LogP contribution in [0.5, 0.6) is 0 Å². The van der Waals surface area contributed by atoms with Crippen LogP contribution in [0, 0.1) is 0 Å². The lowest BCUT2D eigenvalue weighted by Crippen LogP contribution is -2.16. The molecule has 0 atom stereocenters. The van der Waals surface area contributed by atoms with E-state index in [1.54, 1.807) is 0 Å². The largest absolute Gasteiger partial charge is 0.379 e. The van der Waals surface area contributed by atoms with Crippen LogP contribution in [0.4, 0.5) is 0 Å². The fourth-order valence-electron chi connectivity index (χ4n) is 1.86. The monoisotopic (exact) mass is 249 g/mol. The zero-order valence-electron chi connectivity index (χ0n) is 11.2. The molecule has 0 unspecified atom stereocenters. The Morgan fingerprint density at radius 1 is 1.11 bits per heavy atom. The molecule has 0 aliphatic heterocycles. The van der Waals surface area contributed by atoms with Crippen molar-refractivity contribution in [2.45, 2.75) is 39.0 Å². The lowest BCUT2D eigenvalue weighted by Gasteiger charge is -2.11. The van der Waals surface area contributed by atoms with Gasteiger partial charge in [0.05, 0.1) is 19.8 Å². The van der Waals surface area contributed by atoms with E-state index in [-0.39, 0.29) is 0 Å². The van der Waals surface area contributed by atoms with Crippen LogP contribution >= 0.6 is 0 Å². The molecule has 3 heteroatoms. The predicted molar refractivity (Wildman–Crippen MR) is 72.5 cm³/mol. The Kier molecular flexibility index (Phi) is 5.65. The third kappa shape index (κ3) is 4.77. The van der Waals surface area contributed by atoms with Crippen LogP contribution in [0.25, 0.3) is 0 Å². The molecule has 1 aromatic carbocycles. The number of hydrogen-bond acceptors (Lipinski definition) is 3. The fourth-order valence-corrected chi connectivity index (χ4v) is 1.86. The third-order valence-corrected chi connectivity index (χ3v) is 3.11. The smallest absolute Gasteiger partial charge is 0.0721 e. The van der Waals surface area contributed by atoms with Crippen molar-refractivity contribution >= 4 is 0 Å². The Bertz CT molecular complexity index is 350. The van der Waals surface area contributed by atoms with Crippen LogP contribution in [0.15, 0.2) is 24.3 Å². The maximum atomic E-state index is 5.63. The van der Waals surface area contributed by atoms with Gasteiger partial charge in [-0.05, 0) is 30.9 Å². The van der Waals surface area contributed by atoms with Crippen molar-refractivity contribution < 1.29 is 9.47 Å². The van der Waals surface area contributed by atoms with E-state index in [0.717, 1.165) is 19.2 Å². The summed E-state index contributed by atoms with van der Waals surface area (Å²) in [6, 6.07) is 9.23. The first-order chi connectivity index (χ1) is 8.90. The Morgan fingerprint density at radius 2 is 1.83 bits per heavy atom. The predicted octanol–water partition coefficient (Wildman–Crippen LogP) is 2.49. The molecule has 0 bridgehead atoms. The Balaban J connectivity index is 1.74. The molecule has 0 radical (unpaired) electrons. The highest BCUT2D eigenvalue weighted by atomic mass is 16.5. The van der Waals surface area contributed by atoms with Crippen molar-refractivity contribution in [3.05, 3.63) is 35.4 Å². The highest BCUT2D eigenvalue weighted by molar-refractivity contribution is 5.26. The summed E-state index contributed by atoms with van der Waals surface area (Å²) in [6.45, 7) is 5.73. The van der Waals surface area contributed by atoms with Crippen molar-refractivity contribution in [1.82, 2.24) is 5.32 Å². The molecular weight excluding hydrogens is 226 g/mol. The normalized spacial score (nSPS) is 14.9. The maximum absolute atomic E-state index is 5.63. The molecule has 0 amide bonds. The first kappa shape index (κ1) is 13.5. The standard InChI is InChI=1S/C15H23NO2/c1-2-17-9-10-18-12-14-6-4-3-5-13(14)11-16-15-7-8-15/h3-6,15-16H,2,7-12H2,1H3. The third-order valence-electron chi connectivity index (χ3n) is 3.11. The topological polar surface area (TPSA) is 30.5 Å². The number of benzene rings is 1. The van der Waals surface area contributed by atoms with Crippen LogP contribution in [-0.4, -0.2) is 25.9 Å². The molecule has 1 aliphatic carbocycles. The van der Waals surface area contributed by atoms with Crippen LogP contribution in [0.3, 0.4) is 0 Å². The van der Waals surface area contributed by atoms with E-state index in [4.69, 9.17) is 9.47 Å². The van der Waals surface area contributed by atoms with Gasteiger partial charge in [0.2, 0.25) is 0 Å². The summed E-state index contributed by atoms with van der Waals surface area (Å²) in [7, 11) is 0. The molecule has 1 aliphatic rings. The summed E-state index contributed by atoms with van der Waals surface area (Å²) in [4.78, 5) is 0. The van der Waals surface area contributed by atoms with Gasteiger partial charge >= 0.3 is 0 Å². The first-order valence-corrected chi connectivity index (χ1v) is 6.85. The molecule has 0 saturated heterocycles. The molecule has 1 fully saturated rings. The van der Waals surface area contributed by atoms with Gasteiger partial charge in [0.25, 0.3) is 0 Å². The van der Waals surface area contributed by atoms with Gasteiger partial charge in [-0.25, -0.2) is 0 Å². The number of ether oxygens (including phenoxy) is 2. The molecule has 2 rings (SSSR count).